The summed E-state index contributed by atoms with van der Waals surface area (Å²) < 4.78 is 0. The molecule has 0 heterocycles. The molecule has 1 aromatic rings. The van der Waals surface area contributed by atoms with Crippen molar-refractivity contribution >= 4 is 17.3 Å². The SMILES string of the molecule is O=C(NC12CC3CC(CC(C3)C1)C2)c1cc([N+](=O)[O-])cc([N+](=O)[O-])c1. The van der Waals surface area contributed by atoms with Crippen molar-refractivity contribution in [3.63, 3.8) is 0 Å². The highest BCUT2D eigenvalue weighted by molar-refractivity contribution is 5.96. The van der Waals surface area contributed by atoms with Crippen LogP contribution in [0, 0.1) is 38.0 Å². The van der Waals surface area contributed by atoms with Crippen LogP contribution in [0.2, 0.25) is 0 Å². The van der Waals surface area contributed by atoms with Crippen molar-refractivity contribution in [3.05, 3.63) is 44.0 Å². The van der Waals surface area contributed by atoms with Crippen LogP contribution in [0.25, 0.3) is 0 Å². The van der Waals surface area contributed by atoms with Crippen LogP contribution in [-0.4, -0.2) is 21.3 Å². The first-order chi connectivity index (χ1) is 11.8. The monoisotopic (exact) mass is 345 g/mol. The van der Waals surface area contributed by atoms with Crippen LogP contribution in [0.3, 0.4) is 0 Å². The minimum Gasteiger partial charge on any atom is -0.347 e. The van der Waals surface area contributed by atoms with E-state index in [0.717, 1.165) is 37.5 Å². The number of benzene rings is 1. The molecule has 4 aliphatic carbocycles. The van der Waals surface area contributed by atoms with Crippen LogP contribution >= 0.6 is 0 Å². The number of hydrogen-bond acceptors (Lipinski definition) is 5. The molecule has 4 aliphatic rings. The number of non-ortho nitro benzene ring substituents is 2. The Morgan fingerprint density at radius 3 is 1.76 bits per heavy atom. The van der Waals surface area contributed by atoms with E-state index in [1.165, 1.54) is 19.3 Å². The lowest BCUT2D eigenvalue weighted by Gasteiger charge is -2.56. The highest BCUT2D eigenvalue weighted by Gasteiger charge is 2.51. The first kappa shape index (κ1) is 16.0. The van der Waals surface area contributed by atoms with E-state index in [0.29, 0.717) is 17.8 Å². The fraction of sp³-hybridized carbons (Fsp3) is 0.588. The van der Waals surface area contributed by atoms with Gasteiger partial charge in [-0.15, -0.1) is 0 Å². The van der Waals surface area contributed by atoms with E-state index in [1.54, 1.807) is 0 Å². The Hall–Kier alpha value is -2.51. The second-order valence-electron chi connectivity index (χ2n) is 7.90. The Bertz CT molecular complexity index is 708. The number of nitro benzene ring substituents is 2. The molecule has 0 aliphatic heterocycles. The number of amides is 1. The lowest BCUT2D eigenvalue weighted by molar-refractivity contribution is -0.394. The molecule has 0 spiro atoms. The highest BCUT2D eigenvalue weighted by Crippen LogP contribution is 2.55. The molecule has 8 nitrogen and oxygen atoms in total. The van der Waals surface area contributed by atoms with Gasteiger partial charge in [-0.1, -0.05) is 0 Å². The summed E-state index contributed by atoms with van der Waals surface area (Å²) in [5.74, 6) is 1.48. The van der Waals surface area contributed by atoms with Gasteiger partial charge in [-0.05, 0) is 56.3 Å². The number of rotatable bonds is 4. The van der Waals surface area contributed by atoms with E-state index in [2.05, 4.69) is 5.32 Å². The Morgan fingerprint density at radius 1 is 0.920 bits per heavy atom. The van der Waals surface area contributed by atoms with Crippen molar-refractivity contribution in [2.45, 2.75) is 44.1 Å². The van der Waals surface area contributed by atoms with Crippen LogP contribution < -0.4 is 5.32 Å². The van der Waals surface area contributed by atoms with Gasteiger partial charge >= 0.3 is 0 Å². The minimum absolute atomic E-state index is 0.0170. The standard InChI is InChI=1S/C17H19N3O5/c21-16(13-4-14(19(22)23)6-15(5-13)20(24)25)18-17-7-10-1-11(8-17)3-12(2-10)9-17/h4-6,10-12H,1-3,7-9H2,(H,18,21). The van der Waals surface area contributed by atoms with E-state index in [9.17, 15) is 25.0 Å². The molecule has 1 aromatic carbocycles. The number of hydrogen-bond donors (Lipinski definition) is 1. The van der Waals surface area contributed by atoms with Gasteiger partial charge in [-0.25, -0.2) is 0 Å². The van der Waals surface area contributed by atoms with E-state index < -0.39 is 27.1 Å². The molecule has 25 heavy (non-hydrogen) atoms. The molecule has 1 amide bonds. The molecule has 4 saturated carbocycles. The lowest BCUT2D eigenvalue weighted by Crippen LogP contribution is -2.59. The van der Waals surface area contributed by atoms with Crippen molar-refractivity contribution in [1.29, 1.82) is 0 Å². The van der Waals surface area contributed by atoms with Gasteiger partial charge in [0.15, 0.2) is 0 Å². The highest BCUT2D eigenvalue weighted by atomic mass is 16.6. The predicted molar refractivity (Wildman–Crippen MR) is 88.1 cm³/mol. The molecule has 4 bridgehead atoms. The summed E-state index contributed by atoms with van der Waals surface area (Å²) in [6, 6.07) is 3.10. The van der Waals surface area contributed by atoms with Gasteiger partial charge in [0, 0.05) is 17.7 Å². The molecule has 5 rings (SSSR count). The van der Waals surface area contributed by atoms with Crippen molar-refractivity contribution in [2.75, 3.05) is 0 Å². The summed E-state index contributed by atoms with van der Waals surface area (Å²) in [7, 11) is 0. The van der Waals surface area contributed by atoms with Gasteiger partial charge in [0.25, 0.3) is 17.3 Å². The first-order valence-corrected chi connectivity index (χ1v) is 8.60. The zero-order valence-corrected chi connectivity index (χ0v) is 13.6. The fourth-order valence-corrected chi connectivity index (χ4v) is 5.51. The molecule has 132 valence electrons. The molecule has 0 radical (unpaired) electrons. The summed E-state index contributed by atoms with van der Waals surface area (Å²) in [5.41, 5.74) is -1.14. The predicted octanol–water partition coefficient (Wildman–Crippen LogP) is 3.20. The topological polar surface area (TPSA) is 115 Å². The third kappa shape index (κ3) is 2.85. The summed E-state index contributed by atoms with van der Waals surface area (Å²) in [5, 5.41) is 25.1. The van der Waals surface area contributed by atoms with Gasteiger partial charge in [-0.3, -0.25) is 25.0 Å². The van der Waals surface area contributed by atoms with Gasteiger partial charge < -0.3 is 5.32 Å². The second kappa shape index (κ2) is 5.50. The fourth-order valence-electron chi connectivity index (χ4n) is 5.51. The summed E-state index contributed by atoms with van der Waals surface area (Å²) in [4.78, 5) is 33.3. The quantitative estimate of drug-likeness (QED) is 0.664. The first-order valence-electron chi connectivity index (χ1n) is 8.60. The minimum atomic E-state index is -0.714. The van der Waals surface area contributed by atoms with Gasteiger partial charge in [0.2, 0.25) is 0 Å². The smallest absolute Gasteiger partial charge is 0.277 e. The van der Waals surface area contributed by atoms with Crippen molar-refractivity contribution in [3.8, 4) is 0 Å². The maximum atomic E-state index is 12.7. The maximum Gasteiger partial charge on any atom is 0.277 e. The molecule has 1 N–H and O–H groups in total. The van der Waals surface area contributed by atoms with E-state index in [4.69, 9.17) is 0 Å². The Labute approximate surface area is 143 Å². The van der Waals surface area contributed by atoms with Crippen LogP contribution in [0.4, 0.5) is 11.4 Å². The normalized spacial score (nSPS) is 32.4. The Balaban J connectivity index is 1.61. The summed E-state index contributed by atoms with van der Waals surface area (Å²) in [6.45, 7) is 0. The molecular weight excluding hydrogens is 326 g/mol. The lowest BCUT2D eigenvalue weighted by atomic mass is 9.53. The molecule has 0 aromatic heterocycles. The zero-order chi connectivity index (χ0) is 17.8. The van der Waals surface area contributed by atoms with Crippen LogP contribution in [-0.2, 0) is 0 Å². The molecule has 0 saturated heterocycles. The molecule has 0 atom stereocenters. The number of nitrogens with zero attached hydrogens (tertiary/aromatic N) is 2. The van der Waals surface area contributed by atoms with Crippen molar-refractivity contribution < 1.29 is 14.6 Å². The number of nitro groups is 2. The summed E-state index contributed by atoms with van der Waals surface area (Å²) in [6.07, 6.45) is 6.54. The third-order valence-corrected chi connectivity index (χ3v) is 6.00. The Morgan fingerprint density at radius 2 is 1.36 bits per heavy atom. The maximum absolute atomic E-state index is 12.7. The second-order valence-corrected chi connectivity index (χ2v) is 7.90. The average molecular weight is 345 g/mol. The van der Waals surface area contributed by atoms with Crippen molar-refractivity contribution in [2.24, 2.45) is 17.8 Å². The van der Waals surface area contributed by atoms with Crippen molar-refractivity contribution in [1.82, 2.24) is 5.32 Å². The third-order valence-electron chi connectivity index (χ3n) is 6.00. The molecule has 0 unspecified atom stereocenters. The number of carbonyl (C=O) groups is 1. The van der Waals surface area contributed by atoms with Crippen LogP contribution in [0.15, 0.2) is 18.2 Å². The molecule has 8 heteroatoms. The summed E-state index contributed by atoms with van der Waals surface area (Å²) >= 11 is 0. The zero-order valence-electron chi connectivity index (χ0n) is 13.6. The largest absolute Gasteiger partial charge is 0.347 e. The molecule has 4 fully saturated rings. The van der Waals surface area contributed by atoms with Gasteiger partial charge in [0.1, 0.15) is 0 Å². The average Bonchev–Trinajstić information content (AvgIpc) is 2.52. The van der Waals surface area contributed by atoms with E-state index in [-0.39, 0.29) is 11.1 Å². The van der Waals surface area contributed by atoms with Crippen LogP contribution in [0.5, 0.6) is 0 Å². The van der Waals surface area contributed by atoms with E-state index in [1.807, 2.05) is 0 Å². The van der Waals surface area contributed by atoms with E-state index >= 15 is 0 Å². The van der Waals surface area contributed by atoms with Crippen LogP contribution in [0.1, 0.15) is 48.9 Å². The Kier molecular flexibility index (Phi) is 3.52. The molecular formula is C17H19N3O5. The number of nitrogens with one attached hydrogen (secondary N) is 1. The van der Waals surface area contributed by atoms with Gasteiger partial charge in [-0.2, -0.15) is 0 Å². The number of carbonyl (C=O) groups excluding carboxylic acids is 1. The van der Waals surface area contributed by atoms with Gasteiger partial charge in [0.05, 0.1) is 21.5 Å².